The van der Waals surface area contributed by atoms with Gasteiger partial charge in [-0.25, -0.2) is 9.48 Å². The lowest BCUT2D eigenvalue weighted by atomic mass is 10.3. The number of aromatic nitrogens is 2. The number of aryl methyl sites for hydroxylation is 1. The third-order valence-corrected chi connectivity index (χ3v) is 3.75. The Bertz CT molecular complexity index is 651. The van der Waals surface area contributed by atoms with Crippen LogP contribution in [-0.2, 0) is 0 Å². The number of likely N-dealkylation sites (N-methyl/N-ethyl adjacent to an activating group) is 1. The minimum Gasteiger partial charge on any atom is -0.391 e. The molecule has 0 bridgehead atoms. The molecule has 2 aromatic rings. The Morgan fingerprint density at radius 3 is 2.43 bits per heavy atom. The van der Waals surface area contributed by atoms with E-state index in [-0.39, 0.29) is 18.5 Å². The van der Waals surface area contributed by atoms with Crippen LogP contribution in [-0.4, -0.2) is 58.9 Å². The van der Waals surface area contributed by atoms with Crippen LogP contribution in [0, 0.1) is 6.92 Å². The third-order valence-electron chi connectivity index (χ3n) is 3.75. The maximum Gasteiger partial charge on any atom is 0.416 e. The maximum atomic E-state index is 12.3. The third kappa shape index (κ3) is 4.03. The molecule has 0 aliphatic carbocycles. The molecule has 0 radical (unpaired) electrons. The zero-order valence-electron chi connectivity index (χ0n) is 13.3. The van der Waals surface area contributed by atoms with Gasteiger partial charge in [0, 0.05) is 32.2 Å². The molecule has 0 saturated carbocycles. The summed E-state index contributed by atoms with van der Waals surface area (Å²) in [6.07, 6.45) is -0.315. The fourth-order valence-corrected chi connectivity index (χ4v) is 2.45. The minimum absolute atomic E-state index is 0. The number of hydrogen-bond acceptors (Lipinski definition) is 4. The SMILES string of the molecule is Cc1cc(OC(=O)N2CCN(C)CC2)n(-c2ccccc2)n1.Cl. The highest BCUT2D eigenvalue weighted by molar-refractivity contribution is 5.85. The number of benzene rings is 1. The van der Waals surface area contributed by atoms with Crippen molar-refractivity contribution in [2.75, 3.05) is 33.2 Å². The highest BCUT2D eigenvalue weighted by Gasteiger charge is 2.22. The van der Waals surface area contributed by atoms with E-state index in [0.717, 1.165) is 24.5 Å². The van der Waals surface area contributed by atoms with E-state index >= 15 is 0 Å². The number of carbonyl (C=O) groups excluding carboxylic acids is 1. The van der Waals surface area contributed by atoms with Gasteiger partial charge < -0.3 is 14.5 Å². The first-order valence-corrected chi connectivity index (χ1v) is 7.41. The average Bonchev–Trinajstić information content (AvgIpc) is 2.89. The topological polar surface area (TPSA) is 50.6 Å². The van der Waals surface area contributed by atoms with Crippen molar-refractivity contribution in [1.29, 1.82) is 0 Å². The number of para-hydroxylation sites is 1. The molecule has 124 valence electrons. The first-order valence-electron chi connectivity index (χ1n) is 7.41. The van der Waals surface area contributed by atoms with E-state index in [4.69, 9.17) is 4.74 Å². The Labute approximate surface area is 142 Å². The van der Waals surface area contributed by atoms with Crippen molar-refractivity contribution < 1.29 is 9.53 Å². The molecule has 7 heteroatoms. The lowest BCUT2D eigenvalue weighted by Crippen LogP contribution is -2.48. The summed E-state index contributed by atoms with van der Waals surface area (Å²) < 4.78 is 7.22. The number of amides is 1. The van der Waals surface area contributed by atoms with Gasteiger partial charge in [0.1, 0.15) is 0 Å². The Hall–Kier alpha value is -2.05. The van der Waals surface area contributed by atoms with Crippen LogP contribution < -0.4 is 4.74 Å². The number of halogens is 1. The van der Waals surface area contributed by atoms with E-state index < -0.39 is 0 Å². The Morgan fingerprint density at radius 2 is 1.78 bits per heavy atom. The zero-order valence-corrected chi connectivity index (χ0v) is 14.1. The molecule has 1 fully saturated rings. The van der Waals surface area contributed by atoms with Gasteiger partial charge in [-0.15, -0.1) is 12.4 Å². The van der Waals surface area contributed by atoms with Crippen LogP contribution in [0.25, 0.3) is 5.69 Å². The molecule has 0 atom stereocenters. The van der Waals surface area contributed by atoms with Crippen molar-refractivity contribution in [1.82, 2.24) is 19.6 Å². The number of hydrogen-bond donors (Lipinski definition) is 0. The lowest BCUT2D eigenvalue weighted by molar-refractivity contribution is 0.118. The Kier molecular flexibility index (Phi) is 5.63. The molecule has 2 heterocycles. The van der Waals surface area contributed by atoms with Gasteiger partial charge in [0.05, 0.1) is 11.4 Å². The standard InChI is InChI=1S/C16H20N4O2.ClH/c1-13-12-15(20(17-13)14-6-4-3-5-7-14)22-16(21)19-10-8-18(2)9-11-19;/h3-7,12H,8-11H2,1-2H3;1H. The molecule has 6 nitrogen and oxygen atoms in total. The van der Waals surface area contributed by atoms with Crippen molar-refractivity contribution in [2.45, 2.75) is 6.92 Å². The summed E-state index contributed by atoms with van der Waals surface area (Å²) in [5.41, 5.74) is 1.68. The van der Waals surface area contributed by atoms with E-state index in [1.807, 2.05) is 37.3 Å². The van der Waals surface area contributed by atoms with E-state index in [2.05, 4.69) is 17.0 Å². The predicted octanol–water partition coefficient (Wildman–Crippen LogP) is 2.35. The second-order valence-electron chi connectivity index (χ2n) is 5.53. The molecule has 1 amide bonds. The van der Waals surface area contributed by atoms with Gasteiger partial charge in [-0.2, -0.15) is 5.10 Å². The fraction of sp³-hybridized carbons (Fsp3) is 0.375. The zero-order chi connectivity index (χ0) is 15.5. The minimum atomic E-state index is -0.315. The van der Waals surface area contributed by atoms with Crippen LogP contribution >= 0.6 is 12.4 Å². The quantitative estimate of drug-likeness (QED) is 0.844. The molecule has 0 spiro atoms. The van der Waals surface area contributed by atoms with Crippen molar-refractivity contribution in [2.24, 2.45) is 0 Å². The second-order valence-corrected chi connectivity index (χ2v) is 5.53. The molecule has 1 aliphatic rings. The van der Waals surface area contributed by atoms with Crippen LogP contribution in [0.5, 0.6) is 5.88 Å². The van der Waals surface area contributed by atoms with Gasteiger partial charge in [-0.3, -0.25) is 0 Å². The van der Waals surface area contributed by atoms with E-state index in [0.29, 0.717) is 19.0 Å². The number of nitrogens with zero attached hydrogens (tertiary/aromatic N) is 4. The molecule has 1 aliphatic heterocycles. The summed E-state index contributed by atoms with van der Waals surface area (Å²) in [7, 11) is 2.05. The molecule has 1 aromatic heterocycles. The first kappa shape index (κ1) is 17.3. The van der Waals surface area contributed by atoms with Crippen LogP contribution in [0.15, 0.2) is 36.4 Å². The molecule has 23 heavy (non-hydrogen) atoms. The highest BCUT2D eigenvalue weighted by atomic mass is 35.5. The van der Waals surface area contributed by atoms with Crippen molar-refractivity contribution in [3.8, 4) is 11.6 Å². The smallest absolute Gasteiger partial charge is 0.391 e. The molecule has 1 aromatic carbocycles. The summed E-state index contributed by atoms with van der Waals surface area (Å²) in [5.74, 6) is 0.452. The summed E-state index contributed by atoms with van der Waals surface area (Å²) in [6, 6.07) is 11.4. The number of ether oxygens (including phenoxy) is 1. The van der Waals surface area contributed by atoms with Crippen molar-refractivity contribution >= 4 is 18.5 Å². The molecule has 3 rings (SSSR count). The van der Waals surface area contributed by atoms with E-state index in [1.54, 1.807) is 15.6 Å². The average molecular weight is 337 g/mol. The van der Waals surface area contributed by atoms with Gasteiger partial charge in [0.25, 0.3) is 0 Å². The fourth-order valence-electron chi connectivity index (χ4n) is 2.45. The second kappa shape index (κ2) is 7.48. The molecule has 1 saturated heterocycles. The summed E-state index contributed by atoms with van der Waals surface area (Å²) >= 11 is 0. The van der Waals surface area contributed by atoms with Gasteiger partial charge in [0.15, 0.2) is 0 Å². The predicted molar refractivity (Wildman–Crippen MR) is 90.6 cm³/mol. The van der Waals surface area contributed by atoms with Gasteiger partial charge in [0.2, 0.25) is 5.88 Å². The monoisotopic (exact) mass is 336 g/mol. The maximum absolute atomic E-state index is 12.3. The number of carbonyl (C=O) groups is 1. The Morgan fingerprint density at radius 1 is 1.13 bits per heavy atom. The van der Waals surface area contributed by atoms with Crippen LogP contribution in [0.3, 0.4) is 0 Å². The lowest BCUT2D eigenvalue weighted by Gasteiger charge is -2.31. The van der Waals surface area contributed by atoms with E-state index in [9.17, 15) is 4.79 Å². The molecular formula is C16H21ClN4O2. The first-order chi connectivity index (χ1) is 10.6. The van der Waals surface area contributed by atoms with Crippen LogP contribution in [0.1, 0.15) is 5.69 Å². The summed E-state index contributed by atoms with van der Waals surface area (Å²) in [4.78, 5) is 16.2. The highest BCUT2D eigenvalue weighted by Crippen LogP contribution is 2.20. The summed E-state index contributed by atoms with van der Waals surface area (Å²) in [6.45, 7) is 4.99. The van der Waals surface area contributed by atoms with Crippen molar-refractivity contribution in [3.05, 3.63) is 42.1 Å². The number of piperazine rings is 1. The van der Waals surface area contributed by atoms with Crippen LogP contribution in [0.4, 0.5) is 4.79 Å². The Balaban J connectivity index is 0.00000192. The largest absolute Gasteiger partial charge is 0.416 e. The normalized spacial score (nSPS) is 15.1. The van der Waals surface area contributed by atoms with Gasteiger partial charge in [-0.1, -0.05) is 18.2 Å². The molecule has 0 N–H and O–H groups in total. The van der Waals surface area contributed by atoms with Gasteiger partial charge in [-0.05, 0) is 26.1 Å². The number of rotatable bonds is 2. The van der Waals surface area contributed by atoms with E-state index in [1.165, 1.54) is 0 Å². The van der Waals surface area contributed by atoms with Gasteiger partial charge >= 0.3 is 6.09 Å². The van der Waals surface area contributed by atoms with Crippen LogP contribution in [0.2, 0.25) is 0 Å². The molecule has 0 unspecified atom stereocenters. The molecular weight excluding hydrogens is 316 g/mol. The van der Waals surface area contributed by atoms with Crippen molar-refractivity contribution in [3.63, 3.8) is 0 Å². The summed E-state index contributed by atoms with van der Waals surface area (Å²) in [5, 5.41) is 4.40.